The van der Waals surface area contributed by atoms with Crippen LogP contribution in [-0.2, 0) is 0 Å². The first-order chi connectivity index (χ1) is 9.24. The zero-order valence-corrected chi connectivity index (χ0v) is 12.9. The maximum absolute atomic E-state index is 12.0. The molecule has 0 spiro atoms. The van der Waals surface area contributed by atoms with Crippen molar-refractivity contribution < 1.29 is 4.79 Å². The number of benzene rings is 1. The van der Waals surface area contributed by atoms with E-state index >= 15 is 0 Å². The number of thioether (sulfide) groups is 1. The van der Waals surface area contributed by atoms with Crippen LogP contribution in [0.5, 0.6) is 0 Å². The molecule has 96 valence electrons. The number of imidazole rings is 1. The number of para-hydroxylation sites is 2. The number of aromatic amines is 1. The fourth-order valence-corrected chi connectivity index (χ4v) is 4.07. The molecule has 0 aliphatic carbocycles. The Labute approximate surface area is 126 Å². The lowest BCUT2D eigenvalue weighted by Gasteiger charge is -1.96. The minimum Gasteiger partial charge on any atom is -0.333 e. The Bertz CT molecular complexity index is 702. The summed E-state index contributed by atoms with van der Waals surface area (Å²) in [5.74, 6) is 0.506. The summed E-state index contributed by atoms with van der Waals surface area (Å²) in [4.78, 5) is 20.4. The molecule has 1 N–H and O–H groups in total. The third-order valence-corrected chi connectivity index (χ3v) is 5.33. The molecule has 0 bridgehead atoms. The Morgan fingerprint density at radius 1 is 1.37 bits per heavy atom. The van der Waals surface area contributed by atoms with E-state index in [1.54, 1.807) is 0 Å². The number of nitrogens with zero attached hydrogens (tertiary/aromatic N) is 1. The highest BCUT2D eigenvalue weighted by Gasteiger charge is 2.13. The van der Waals surface area contributed by atoms with E-state index in [0.29, 0.717) is 5.75 Å². The minimum absolute atomic E-state index is 0.118. The number of hydrogen-bond donors (Lipinski definition) is 1. The van der Waals surface area contributed by atoms with E-state index < -0.39 is 0 Å². The van der Waals surface area contributed by atoms with Crippen molar-refractivity contribution in [1.29, 1.82) is 0 Å². The van der Waals surface area contributed by atoms with E-state index in [-0.39, 0.29) is 5.78 Å². The van der Waals surface area contributed by atoms with Crippen LogP contribution in [0.1, 0.15) is 9.67 Å². The van der Waals surface area contributed by atoms with Crippen LogP contribution in [0.3, 0.4) is 0 Å². The van der Waals surface area contributed by atoms with Crippen LogP contribution in [0.2, 0.25) is 0 Å². The van der Waals surface area contributed by atoms with Gasteiger partial charge in [-0.05, 0) is 39.5 Å². The van der Waals surface area contributed by atoms with Gasteiger partial charge in [-0.1, -0.05) is 23.9 Å². The molecule has 0 saturated heterocycles. The molecule has 0 atom stereocenters. The van der Waals surface area contributed by atoms with Gasteiger partial charge < -0.3 is 4.98 Å². The van der Waals surface area contributed by atoms with Crippen LogP contribution < -0.4 is 0 Å². The molecule has 3 rings (SSSR count). The smallest absolute Gasteiger partial charge is 0.184 e. The molecule has 0 amide bonds. The molecule has 0 unspecified atom stereocenters. The lowest BCUT2D eigenvalue weighted by atomic mass is 10.3. The maximum atomic E-state index is 12.0. The number of aromatic nitrogens is 2. The number of H-pyrrole nitrogens is 1. The zero-order chi connectivity index (χ0) is 13.2. The van der Waals surface area contributed by atoms with Crippen molar-refractivity contribution >= 4 is 55.8 Å². The average molecular weight is 353 g/mol. The van der Waals surface area contributed by atoms with E-state index in [1.165, 1.54) is 23.1 Å². The fraction of sp³-hybridized carbons (Fsp3) is 0.0769. The molecule has 0 aliphatic rings. The fourth-order valence-electron chi connectivity index (χ4n) is 1.69. The Morgan fingerprint density at radius 2 is 2.21 bits per heavy atom. The van der Waals surface area contributed by atoms with Crippen molar-refractivity contribution in [2.45, 2.75) is 5.16 Å². The summed E-state index contributed by atoms with van der Waals surface area (Å²) >= 11 is 6.27. The van der Waals surface area contributed by atoms with Gasteiger partial charge >= 0.3 is 0 Å². The molecule has 1 aromatic carbocycles. The quantitative estimate of drug-likeness (QED) is 0.560. The predicted molar refractivity (Wildman–Crippen MR) is 83.2 cm³/mol. The van der Waals surface area contributed by atoms with Crippen molar-refractivity contribution in [1.82, 2.24) is 9.97 Å². The van der Waals surface area contributed by atoms with Crippen LogP contribution >= 0.6 is 39.0 Å². The monoisotopic (exact) mass is 352 g/mol. The largest absolute Gasteiger partial charge is 0.333 e. The number of hydrogen-bond acceptors (Lipinski definition) is 4. The van der Waals surface area contributed by atoms with Crippen molar-refractivity contribution in [3.8, 4) is 0 Å². The van der Waals surface area contributed by atoms with Gasteiger partial charge in [0.1, 0.15) is 0 Å². The summed E-state index contributed by atoms with van der Waals surface area (Å²) in [5.41, 5.74) is 1.92. The highest BCUT2D eigenvalue weighted by Crippen LogP contribution is 2.26. The predicted octanol–water partition coefficient (Wildman–Crippen LogP) is 4.36. The third kappa shape index (κ3) is 2.75. The highest BCUT2D eigenvalue weighted by atomic mass is 79.9. The summed E-state index contributed by atoms with van der Waals surface area (Å²) in [5, 5.41) is 2.69. The number of rotatable bonds is 4. The molecule has 19 heavy (non-hydrogen) atoms. The van der Waals surface area contributed by atoms with Gasteiger partial charge in [0.15, 0.2) is 10.9 Å². The Kier molecular flexibility index (Phi) is 3.72. The molecular weight excluding hydrogens is 344 g/mol. The molecule has 0 fully saturated rings. The van der Waals surface area contributed by atoms with Gasteiger partial charge in [0, 0.05) is 4.47 Å². The topological polar surface area (TPSA) is 45.8 Å². The van der Waals surface area contributed by atoms with Gasteiger partial charge in [-0.3, -0.25) is 4.79 Å². The number of ketones is 1. The van der Waals surface area contributed by atoms with Crippen LogP contribution in [-0.4, -0.2) is 21.5 Å². The molecular formula is C13H9BrN2OS2. The number of halogens is 1. The van der Waals surface area contributed by atoms with Crippen LogP contribution in [0.4, 0.5) is 0 Å². The molecule has 2 aromatic heterocycles. The Balaban J connectivity index is 1.72. The number of carbonyl (C=O) groups excluding carboxylic acids is 1. The Morgan fingerprint density at radius 3 is 2.95 bits per heavy atom. The summed E-state index contributed by atoms with van der Waals surface area (Å²) in [6.07, 6.45) is 0. The first-order valence-corrected chi connectivity index (χ1v) is 8.23. The lowest BCUT2D eigenvalue weighted by molar-refractivity contribution is 0.102. The van der Waals surface area contributed by atoms with E-state index in [4.69, 9.17) is 0 Å². The first kappa shape index (κ1) is 12.9. The number of Topliss-reactive ketones (excluding diaryl/α,β-unsaturated/α-hetero) is 1. The normalized spacial score (nSPS) is 11.0. The van der Waals surface area contributed by atoms with Gasteiger partial charge in [0.2, 0.25) is 0 Å². The SMILES string of the molecule is O=C(CSc1nc2ccccc2[nH]1)c1sccc1Br. The summed E-state index contributed by atoms with van der Waals surface area (Å²) < 4.78 is 0.868. The zero-order valence-electron chi connectivity index (χ0n) is 9.72. The van der Waals surface area contributed by atoms with Gasteiger partial charge in [0.05, 0.1) is 21.7 Å². The highest BCUT2D eigenvalue weighted by molar-refractivity contribution is 9.10. The maximum Gasteiger partial charge on any atom is 0.184 e. The van der Waals surface area contributed by atoms with E-state index in [1.807, 2.05) is 35.7 Å². The lowest BCUT2D eigenvalue weighted by Crippen LogP contribution is -2.00. The summed E-state index contributed by atoms with van der Waals surface area (Å²) in [6, 6.07) is 9.73. The van der Waals surface area contributed by atoms with Gasteiger partial charge in [-0.25, -0.2) is 4.98 Å². The van der Waals surface area contributed by atoms with Gasteiger partial charge in [-0.2, -0.15) is 0 Å². The van der Waals surface area contributed by atoms with E-state index in [2.05, 4.69) is 25.9 Å². The molecule has 3 nitrogen and oxygen atoms in total. The number of thiophene rings is 1. The summed E-state index contributed by atoms with van der Waals surface area (Å²) in [7, 11) is 0. The van der Waals surface area contributed by atoms with Crippen molar-refractivity contribution in [3.63, 3.8) is 0 Å². The standard InChI is InChI=1S/C13H9BrN2OS2/c14-8-5-6-18-12(8)11(17)7-19-13-15-9-3-1-2-4-10(9)16-13/h1-6H,7H2,(H,15,16). The molecule has 0 radical (unpaired) electrons. The molecule has 2 heterocycles. The van der Waals surface area contributed by atoms with Crippen LogP contribution in [0.15, 0.2) is 45.3 Å². The molecule has 3 aromatic rings. The molecule has 6 heteroatoms. The minimum atomic E-state index is 0.118. The first-order valence-electron chi connectivity index (χ1n) is 5.58. The second kappa shape index (κ2) is 5.48. The van der Waals surface area contributed by atoms with Crippen LogP contribution in [0, 0.1) is 0 Å². The number of nitrogens with one attached hydrogen (secondary N) is 1. The molecule has 0 saturated carbocycles. The second-order valence-electron chi connectivity index (χ2n) is 3.87. The molecule has 0 aliphatic heterocycles. The van der Waals surface area contributed by atoms with Crippen LogP contribution in [0.25, 0.3) is 11.0 Å². The number of carbonyl (C=O) groups is 1. The summed E-state index contributed by atoms with van der Waals surface area (Å²) in [6.45, 7) is 0. The van der Waals surface area contributed by atoms with Crippen molar-refractivity contribution in [3.05, 3.63) is 45.1 Å². The van der Waals surface area contributed by atoms with E-state index in [0.717, 1.165) is 25.5 Å². The van der Waals surface area contributed by atoms with Crippen molar-refractivity contribution in [2.75, 3.05) is 5.75 Å². The van der Waals surface area contributed by atoms with Crippen molar-refractivity contribution in [2.24, 2.45) is 0 Å². The van der Waals surface area contributed by atoms with Gasteiger partial charge in [-0.15, -0.1) is 11.3 Å². The van der Waals surface area contributed by atoms with E-state index in [9.17, 15) is 4.79 Å². The Hall–Kier alpha value is -1.11. The second-order valence-corrected chi connectivity index (χ2v) is 6.60. The van der Waals surface area contributed by atoms with Gasteiger partial charge in [0.25, 0.3) is 0 Å². The number of fused-ring (bicyclic) bond motifs is 1. The average Bonchev–Trinajstić information content (AvgIpc) is 3.01. The third-order valence-electron chi connectivity index (χ3n) is 2.58.